The number of hydrogen-bond acceptors (Lipinski definition) is 4. The van der Waals surface area contributed by atoms with Crippen LogP contribution >= 0.6 is 0 Å². The molecule has 0 radical (unpaired) electrons. The first kappa shape index (κ1) is 12.7. The van der Waals surface area contributed by atoms with Crippen molar-refractivity contribution < 1.29 is 5.11 Å². The molecule has 88 valence electrons. The van der Waals surface area contributed by atoms with Crippen molar-refractivity contribution in [3.8, 4) is 6.07 Å². The van der Waals surface area contributed by atoms with Crippen molar-refractivity contribution in [2.24, 2.45) is 0 Å². The average molecular weight is 222 g/mol. The van der Waals surface area contributed by atoms with Gasteiger partial charge in [0.05, 0.1) is 30.0 Å². The second kappa shape index (κ2) is 6.23. The van der Waals surface area contributed by atoms with Crippen molar-refractivity contribution in [3.63, 3.8) is 0 Å². The van der Waals surface area contributed by atoms with Crippen LogP contribution in [0.4, 0.5) is 0 Å². The number of nitrogens with zero attached hydrogens (tertiary/aromatic N) is 4. The summed E-state index contributed by atoms with van der Waals surface area (Å²) in [6.07, 6.45) is 2.52. The van der Waals surface area contributed by atoms with Gasteiger partial charge in [-0.2, -0.15) is 5.26 Å². The van der Waals surface area contributed by atoms with Crippen molar-refractivity contribution in [2.75, 3.05) is 0 Å². The first-order valence-corrected chi connectivity index (χ1v) is 5.65. The Labute approximate surface area is 95.7 Å². The van der Waals surface area contributed by atoms with Crippen molar-refractivity contribution in [3.05, 3.63) is 11.4 Å². The molecule has 0 aliphatic heterocycles. The highest BCUT2D eigenvalue weighted by Gasteiger charge is 2.10. The van der Waals surface area contributed by atoms with Crippen LogP contribution in [-0.4, -0.2) is 26.2 Å². The largest absolute Gasteiger partial charge is 0.393 e. The molecule has 1 N–H and O–H groups in total. The van der Waals surface area contributed by atoms with Crippen molar-refractivity contribution in [1.29, 1.82) is 5.26 Å². The lowest BCUT2D eigenvalue weighted by Gasteiger charge is -2.06. The molecule has 0 saturated heterocycles. The summed E-state index contributed by atoms with van der Waals surface area (Å²) in [6, 6.07) is 2.09. The molecule has 1 atom stereocenters. The van der Waals surface area contributed by atoms with Gasteiger partial charge in [-0.15, -0.1) is 5.10 Å². The van der Waals surface area contributed by atoms with Gasteiger partial charge in [0.15, 0.2) is 0 Å². The molecule has 16 heavy (non-hydrogen) atoms. The second-order valence-electron chi connectivity index (χ2n) is 3.89. The lowest BCUT2D eigenvalue weighted by atomic mass is 10.2. The van der Waals surface area contributed by atoms with Crippen LogP contribution in [0.15, 0.2) is 0 Å². The zero-order valence-electron chi connectivity index (χ0n) is 9.85. The van der Waals surface area contributed by atoms with Gasteiger partial charge in [0.1, 0.15) is 0 Å². The van der Waals surface area contributed by atoms with E-state index in [9.17, 15) is 0 Å². The third-order valence-electron chi connectivity index (χ3n) is 2.49. The topological polar surface area (TPSA) is 74.7 Å². The highest BCUT2D eigenvalue weighted by atomic mass is 16.3. The molecule has 0 bridgehead atoms. The monoisotopic (exact) mass is 222 g/mol. The number of aliphatic hydroxyl groups excluding tert-OH is 1. The van der Waals surface area contributed by atoms with E-state index in [4.69, 9.17) is 10.4 Å². The van der Waals surface area contributed by atoms with Crippen LogP contribution < -0.4 is 0 Å². The summed E-state index contributed by atoms with van der Waals surface area (Å²) in [7, 11) is 0. The van der Waals surface area contributed by atoms with Crippen LogP contribution in [0.25, 0.3) is 0 Å². The van der Waals surface area contributed by atoms with Gasteiger partial charge >= 0.3 is 0 Å². The Bertz CT molecular complexity index is 365. The molecule has 1 aromatic rings. The lowest BCUT2D eigenvalue weighted by molar-refractivity contribution is 0.178. The Morgan fingerprint density at radius 3 is 2.88 bits per heavy atom. The SMILES string of the molecule is CCc1c(CC#N)nnn1CCCC(C)O. The van der Waals surface area contributed by atoms with Crippen molar-refractivity contribution in [2.45, 2.75) is 52.2 Å². The number of nitriles is 1. The molecule has 0 aliphatic rings. The van der Waals surface area contributed by atoms with Gasteiger partial charge in [-0.3, -0.25) is 0 Å². The number of hydrogen-bond donors (Lipinski definition) is 1. The third kappa shape index (κ3) is 3.31. The van der Waals surface area contributed by atoms with Crippen LogP contribution in [0, 0.1) is 11.3 Å². The molecule has 0 amide bonds. The molecule has 0 aromatic carbocycles. The van der Waals surface area contributed by atoms with E-state index in [1.54, 1.807) is 6.92 Å². The minimum Gasteiger partial charge on any atom is -0.393 e. The maximum absolute atomic E-state index is 9.16. The van der Waals surface area contributed by atoms with E-state index in [-0.39, 0.29) is 6.10 Å². The van der Waals surface area contributed by atoms with Gasteiger partial charge in [0.25, 0.3) is 0 Å². The molecule has 5 nitrogen and oxygen atoms in total. The molecule has 0 spiro atoms. The molecule has 1 aromatic heterocycles. The number of rotatable bonds is 6. The van der Waals surface area contributed by atoms with Gasteiger partial charge < -0.3 is 5.11 Å². The van der Waals surface area contributed by atoms with Crippen LogP contribution in [-0.2, 0) is 19.4 Å². The van der Waals surface area contributed by atoms with E-state index in [1.165, 1.54) is 0 Å². The summed E-state index contributed by atoms with van der Waals surface area (Å²) in [6.45, 7) is 4.57. The first-order valence-electron chi connectivity index (χ1n) is 5.65. The minimum atomic E-state index is -0.271. The van der Waals surface area contributed by atoms with Crippen molar-refractivity contribution >= 4 is 0 Å². The molecule has 1 rings (SSSR count). The van der Waals surface area contributed by atoms with Crippen LogP contribution in [0.3, 0.4) is 0 Å². The predicted octanol–water partition coefficient (Wildman–Crippen LogP) is 1.07. The smallest absolute Gasteiger partial charge is 0.0999 e. The number of aliphatic hydroxyl groups is 1. The van der Waals surface area contributed by atoms with E-state index in [0.29, 0.717) is 6.42 Å². The summed E-state index contributed by atoms with van der Waals surface area (Å²) in [4.78, 5) is 0. The summed E-state index contributed by atoms with van der Waals surface area (Å²) in [5.41, 5.74) is 1.81. The highest BCUT2D eigenvalue weighted by molar-refractivity contribution is 5.13. The molecule has 1 unspecified atom stereocenters. The lowest BCUT2D eigenvalue weighted by Crippen LogP contribution is -2.08. The standard InChI is InChI=1S/C11H18N4O/c1-3-11-10(6-7-12)13-14-15(11)8-4-5-9(2)16/h9,16H,3-6,8H2,1-2H3. The molecular formula is C11H18N4O. The quantitative estimate of drug-likeness (QED) is 0.781. The first-order chi connectivity index (χ1) is 7.69. The molecule has 1 heterocycles. The van der Waals surface area contributed by atoms with E-state index in [0.717, 1.165) is 37.2 Å². The maximum Gasteiger partial charge on any atom is 0.0999 e. The molecule has 0 aliphatic carbocycles. The zero-order chi connectivity index (χ0) is 12.0. The summed E-state index contributed by atoms with van der Waals surface area (Å²) in [5.74, 6) is 0. The molecule has 0 saturated carbocycles. The van der Waals surface area contributed by atoms with Gasteiger partial charge in [-0.1, -0.05) is 12.1 Å². The number of aryl methyl sites for hydroxylation is 1. The predicted molar refractivity (Wildman–Crippen MR) is 59.6 cm³/mol. The Balaban J connectivity index is 2.62. The zero-order valence-corrected chi connectivity index (χ0v) is 9.85. The molecule has 5 heteroatoms. The minimum absolute atomic E-state index is 0.271. The van der Waals surface area contributed by atoms with E-state index >= 15 is 0 Å². The fourth-order valence-corrected chi connectivity index (χ4v) is 1.68. The second-order valence-corrected chi connectivity index (χ2v) is 3.89. The Morgan fingerprint density at radius 2 is 2.31 bits per heavy atom. The summed E-state index contributed by atoms with van der Waals surface area (Å²) < 4.78 is 1.84. The van der Waals surface area contributed by atoms with Gasteiger partial charge in [-0.25, -0.2) is 4.68 Å². The Kier molecular flexibility index (Phi) is 4.93. The van der Waals surface area contributed by atoms with Crippen LogP contribution in [0.2, 0.25) is 0 Å². The summed E-state index contributed by atoms with van der Waals surface area (Å²) in [5, 5.41) is 25.8. The van der Waals surface area contributed by atoms with E-state index in [1.807, 2.05) is 11.6 Å². The van der Waals surface area contributed by atoms with Crippen LogP contribution in [0.1, 0.15) is 38.1 Å². The molecular weight excluding hydrogens is 204 g/mol. The Hall–Kier alpha value is -1.41. The highest BCUT2D eigenvalue weighted by Crippen LogP contribution is 2.09. The Morgan fingerprint density at radius 1 is 1.56 bits per heavy atom. The van der Waals surface area contributed by atoms with Crippen LogP contribution in [0.5, 0.6) is 0 Å². The summed E-state index contributed by atoms with van der Waals surface area (Å²) >= 11 is 0. The fraction of sp³-hybridized carbons (Fsp3) is 0.727. The van der Waals surface area contributed by atoms with E-state index < -0.39 is 0 Å². The molecule has 0 fully saturated rings. The average Bonchev–Trinajstić information content (AvgIpc) is 2.61. The normalized spacial score (nSPS) is 12.4. The van der Waals surface area contributed by atoms with E-state index in [2.05, 4.69) is 16.4 Å². The number of aromatic nitrogens is 3. The maximum atomic E-state index is 9.16. The van der Waals surface area contributed by atoms with Gasteiger partial charge in [-0.05, 0) is 26.2 Å². The van der Waals surface area contributed by atoms with Gasteiger partial charge in [0.2, 0.25) is 0 Å². The third-order valence-corrected chi connectivity index (χ3v) is 2.49. The van der Waals surface area contributed by atoms with Gasteiger partial charge in [0, 0.05) is 6.54 Å². The van der Waals surface area contributed by atoms with Crippen molar-refractivity contribution in [1.82, 2.24) is 15.0 Å². The fourth-order valence-electron chi connectivity index (χ4n) is 1.68.